The van der Waals surface area contributed by atoms with Crippen molar-refractivity contribution >= 4 is 21.7 Å². The fraction of sp³-hybridized carbons (Fsp3) is 0.133. The van der Waals surface area contributed by atoms with Crippen molar-refractivity contribution in [1.29, 1.82) is 0 Å². The van der Waals surface area contributed by atoms with Crippen molar-refractivity contribution in [2.24, 2.45) is 0 Å². The molecule has 122 valence electrons. The van der Waals surface area contributed by atoms with Crippen LogP contribution in [0.3, 0.4) is 0 Å². The molecule has 0 aliphatic rings. The van der Waals surface area contributed by atoms with Crippen LogP contribution in [0.5, 0.6) is 0 Å². The number of carboxylic acids is 1. The average molecular weight is 341 g/mol. The summed E-state index contributed by atoms with van der Waals surface area (Å²) in [5, 5.41) is 9.04. The molecule has 0 aromatic heterocycles. The van der Waals surface area contributed by atoms with Crippen LogP contribution in [0, 0.1) is 25.5 Å². The number of sulfonamides is 1. The van der Waals surface area contributed by atoms with Gasteiger partial charge in [-0.25, -0.2) is 22.0 Å². The number of aromatic carboxylic acids is 1. The number of rotatable bonds is 4. The molecule has 0 radical (unpaired) electrons. The van der Waals surface area contributed by atoms with Gasteiger partial charge in [0.25, 0.3) is 10.0 Å². The highest BCUT2D eigenvalue weighted by Gasteiger charge is 2.21. The number of carboxylic acid groups (broad SMARTS) is 1. The van der Waals surface area contributed by atoms with E-state index < -0.39 is 27.6 Å². The highest BCUT2D eigenvalue weighted by atomic mass is 32.2. The first-order chi connectivity index (χ1) is 10.6. The normalized spacial score (nSPS) is 11.3. The first-order valence-corrected chi connectivity index (χ1v) is 7.92. The third-order valence-corrected chi connectivity index (χ3v) is 4.78. The van der Waals surface area contributed by atoms with Crippen LogP contribution in [0.4, 0.5) is 14.5 Å². The molecule has 2 N–H and O–H groups in total. The molecule has 0 spiro atoms. The molecule has 5 nitrogen and oxygen atoms in total. The Labute approximate surface area is 131 Å². The molecule has 0 amide bonds. The fourth-order valence-corrected chi connectivity index (χ4v) is 3.44. The monoisotopic (exact) mass is 341 g/mol. The zero-order valence-electron chi connectivity index (χ0n) is 12.2. The molecule has 2 aromatic carbocycles. The molecule has 0 heterocycles. The maximum Gasteiger partial charge on any atom is 0.335 e. The van der Waals surface area contributed by atoms with Crippen molar-refractivity contribution in [2.75, 3.05) is 4.72 Å². The number of aryl methyl sites for hydroxylation is 1. The van der Waals surface area contributed by atoms with Gasteiger partial charge in [0.05, 0.1) is 16.1 Å². The minimum Gasteiger partial charge on any atom is -0.478 e. The maximum absolute atomic E-state index is 13.2. The van der Waals surface area contributed by atoms with E-state index in [9.17, 15) is 22.0 Å². The first kappa shape index (κ1) is 16.9. The predicted octanol–water partition coefficient (Wildman–Crippen LogP) is 3.08. The number of carbonyl (C=O) groups is 1. The molecule has 0 aliphatic carbocycles. The summed E-state index contributed by atoms with van der Waals surface area (Å²) in [4.78, 5) is 10.8. The minimum absolute atomic E-state index is 0.195. The molecule has 8 heteroatoms. The van der Waals surface area contributed by atoms with Crippen molar-refractivity contribution in [1.82, 2.24) is 0 Å². The molecular weight excluding hydrogens is 328 g/mol. The van der Waals surface area contributed by atoms with Crippen molar-refractivity contribution in [2.45, 2.75) is 18.7 Å². The van der Waals surface area contributed by atoms with Gasteiger partial charge < -0.3 is 5.11 Å². The van der Waals surface area contributed by atoms with E-state index in [1.807, 2.05) is 4.72 Å². The van der Waals surface area contributed by atoms with E-state index in [0.29, 0.717) is 17.2 Å². The zero-order valence-corrected chi connectivity index (χ0v) is 13.0. The van der Waals surface area contributed by atoms with Gasteiger partial charge in [0.1, 0.15) is 11.6 Å². The Morgan fingerprint density at radius 3 is 2.13 bits per heavy atom. The lowest BCUT2D eigenvalue weighted by Crippen LogP contribution is -2.16. The summed E-state index contributed by atoms with van der Waals surface area (Å²) in [6.07, 6.45) is 0. The zero-order chi connectivity index (χ0) is 17.4. The van der Waals surface area contributed by atoms with Crippen molar-refractivity contribution in [3.8, 4) is 0 Å². The predicted molar refractivity (Wildman–Crippen MR) is 80.0 cm³/mol. The lowest BCUT2D eigenvalue weighted by Gasteiger charge is -2.13. The highest BCUT2D eigenvalue weighted by molar-refractivity contribution is 7.92. The van der Waals surface area contributed by atoms with Crippen molar-refractivity contribution < 1.29 is 27.1 Å². The summed E-state index contributed by atoms with van der Waals surface area (Å²) in [6, 6.07) is 4.60. The van der Waals surface area contributed by atoms with Crippen LogP contribution in [0.15, 0.2) is 35.2 Å². The Kier molecular flexibility index (Phi) is 4.37. The van der Waals surface area contributed by atoms with Gasteiger partial charge in [0.2, 0.25) is 0 Å². The Morgan fingerprint density at radius 1 is 1.04 bits per heavy atom. The molecule has 0 saturated heterocycles. The quantitative estimate of drug-likeness (QED) is 0.895. The lowest BCUT2D eigenvalue weighted by atomic mass is 10.1. The molecule has 2 rings (SSSR count). The van der Waals surface area contributed by atoms with Crippen LogP contribution >= 0.6 is 0 Å². The summed E-state index contributed by atoms with van der Waals surface area (Å²) < 4.78 is 53.2. The van der Waals surface area contributed by atoms with Gasteiger partial charge in [-0.2, -0.15) is 0 Å². The Hall–Kier alpha value is -2.48. The number of hydrogen-bond acceptors (Lipinski definition) is 3. The Morgan fingerprint density at radius 2 is 1.61 bits per heavy atom. The number of nitrogens with one attached hydrogen (secondary N) is 1. The molecule has 0 atom stereocenters. The third-order valence-electron chi connectivity index (χ3n) is 3.27. The molecule has 0 fully saturated rings. The van der Waals surface area contributed by atoms with Gasteiger partial charge in [-0.05, 0) is 49.2 Å². The van der Waals surface area contributed by atoms with E-state index in [2.05, 4.69) is 0 Å². The highest BCUT2D eigenvalue weighted by Crippen LogP contribution is 2.24. The molecule has 0 bridgehead atoms. The van der Waals surface area contributed by atoms with Gasteiger partial charge in [0, 0.05) is 6.07 Å². The van der Waals surface area contributed by atoms with Crippen LogP contribution < -0.4 is 4.72 Å². The van der Waals surface area contributed by atoms with Gasteiger partial charge in [-0.1, -0.05) is 0 Å². The van der Waals surface area contributed by atoms with Crippen LogP contribution in [0.25, 0.3) is 0 Å². The van der Waals surface area contributed by atoms with Gasteiger partial charge in [0.15, 0.2) is 0 Å². The summed E-state index contributed by atoms with van der Waals surface area (Å²) in [6.45, 7) is 3.09. The summed E-state index contributed by atoms with van der Waals surface area (Å²) >= 11 is 0. The van der Waals surface area contributed by atoms with E-state index in [-0.39, 0.29) is 16.1 Å². The topological polar surface area (TPSA) is 83.5 Å². The van der Waals surface area contributed by atoms with E-state index in [1.165, 1.54) is 13.0 Å². The first-order valence-electron chi connectivity index (χ1n) is 6.43. The van der Waals surface area contributed by atoms with Crippen LogP contribution in [0.2, 0.25) is 0 Å². The SMILES string of the molecule is Cc1cc(C(=O)O)cc(S(=O)(=O)Nc2cc(F)cc(F)c2)c1C. The lowest BCUT2D eigenvalue weighted by molar-refractivity contribution is 0.0696. The smallest absolute Gasteiger partial charge is 0.335 e. The second kappa shape index (κ2) is 5.96. The van der Waals surface area contributed by atoms with Crippen LogP contribution in [-0.4, -0.2) is 19.5 Å². The van der Waals surface area contributed by atoms with E-state index in [0.717, 1.165) is 18.2 Å². The largest absolute Gasteiger partial charge is 0.478 e. The molecule has 0 unspecified atom stereocenters. The standard InChI is InChI=1S/C15H13F2NO4S/c1-8-3-10(15(19)20)4-14(9(8)2)23(21,22)18-13-6-11(16)5-12(17)7-13/h3-7,18H,1-2H3,(H,19,20). The Bertz CT molecular complexity index is 874. The van der Waals surface area contributed by atoms with Gasteiger partial charge in [-0.15, -0.1) is 0 Å². The number of halogens is 2. The van der Waals surface area contributed by atoms with Gasteiger partial charge >= 0.3 is 5.97 Å². The second-order valence-electron chi connectivity index (χ2n) is 4.99. The molecule has 0 saturated carbocycles. The van der Waals surface area contributed by atoms with Crippen LogP contribution in [0.1, 0.15) is 21.5 Å². The number of benzene rings is 2. The molecular formula is C15H13F2NO4S. The van der Waals surface area contributed by atoms with E-state index in [1.54, 1.807) is 6.92 Å². The maximum atomic E-state index is 13.2. The summed E-state index contributed by atoms with van der Waals surface area (Å²) in [5.74, 6) is -3.15. The number of hydrogen-bond donors (Lipinski definition) is 2. The minimum atomic E-state index is -4.20. The average Bonchev–Trinajstić information content (AvgIpc) is 2.39. The third kappa shape index (κ3) is 3.65. The second-order valence-corrected chi connectivity index (χ2v) is 6.64. The fourth-order valence-electron chi connectivity index (χ4n) is 2.05. The molecule has 2 aromatic rings. The van der Waals surface area contributed by atoms with Crippen molar-refractivity contribution in [3.63, 3.8) is 0 Å². The van der Waals surface area contributed by atoms with Gasteiger partial charge in [-0.3, -0.25) is 4.72 Å². The number of anilines is 1. The van der Waals surface area contributed by atoms with Crippen molar-refractivity contribution in [3.05, 3.63) is 58.7 Å². The summed E-state index contributed by atoms with van der Waals surface area (Å²) in [5.41, 5.74) is 0.328. The summed E-state index contributed by atoms with van der Waals surface area (Å²) in [7, 11) is -4.20. The van der Waals surface area contributed by atoms with E-state index >= 15 is 0 Å². The Balaban J connectivity index is 2.53. The molecule has 23 heavy (non-hydrogen) atoms. The molecule has 0 aliphatic heterocycles. The van der Waals surface area contributed by atoms with E-state index in [4.69, 9.17) is 5.11 Å². The van der Waals surface area contributed by atoms with Crippen LogP contribution in [-0.2, 0) is 10.0 Å².